The van der Waals surface area contributed by atoms with Crippen LogP contribution in [0.25, 0.3) is 22.2 Å². The Hall–Kier alpha value is -2.60. The van der Waals surface area contributed by atoms with E-state index in [1.807, 2.05) is 18.2 Å². The van der Waals surface area contributed by atoms with E-state index < -0.39 is 0 Å². The van der Waals surface area contributed by atoms with E-state index in [9.17, 15) is 9.18 Å². The van der Waals surface area contributed by atoms with Crippen molar-refractivity contribution in [1.29, 1.82) is 0 Å². The Balaban J connectivity index is 2.11. The largest absolute Gasteiger partial charge is 0.496 e. The molecule has 0 saturated heterocycles. The third kappa shape index (κ3) is 2.85. The first kappa shape index (κ1) is 15.3. The van der Waals surface area contributed by atoms with Crippen molar-refractivity contribution in [2.24, 2.45) is 0 Å². The van der Waals surface area contributed by atoms with Gasteiger partial charge in [0.2, 0.25) is 0 Å². The first-order chi connectivity index (χ1) is 11.1. The molecule has 23 heavy (non-hydrogen) atoms. The summed E-state index contributed by atoms with van der Waals surface area (Å²) in [6.07, 6.45) is 0. The Kier molecular flexibility index (Phi) is 4.16. The van der Waals surface area contributed by atoms with Crippen LogP contribution in [0.4, 0.5) is 4.39 Å². The van der Waals surface area contributed by atoms with E-state index in [-0.39, 0.29) is 11.5 Å². The van der Waals surface area contributed by atoms with Gasteiger partial charge in [-0.15, -0.1) is 0 Å². The maximum absolute atomic E-state index is 13.6. The molecule has 3 rings (SSSR count). The lowest BCUT2D eigenvalue weighted by Crippen LogP contribution is -2.18. The molecular weight excluding hydrogens is 299 g/mol. The van der Waals surface area contributed by atoms with Gasteiger partial charge in [-0.3, -0.25) is 4.57 Å². The average molecular weight is 316 g/mol. The predicted octanol–water partition coefficient (Wildman–Crippen LogP) is 2.79. The lowest BCUT2D eigenvalue weighted by atomic mass is 10.0. The lowest BCUT2D eigenvalue weighted by molar-refractivity contribution is 0.187. The topological polar surface area (TPSA) is 56.2 Å². The molecule has 5 nitrogen and oxygen atoms in total. The number of nitrogens with one attached hydrogen (secondary N) is 1. The van der Waals surface area contributed by atoms with Gasteiger partial charge in [-0.05, 0) is 35.9 Å². The summed E-state index contributed by atoms with van der Waals surface area (Å²) in [5.41, 5.74) is 2.69. The van der Waals surface area contributed by atoms with E-state index in [4.69, 9.17) is 9.47 Å². The molecule has 6 heteroatoms. The van der Waals surface area contributed by atoms with Crippen molar-refractivity contribution in [3.05, 3.63) is 52.7 Å². The summed E-state index contributed by atoms with van der Waals surface area (Å²) in [5.74, 6) is 0.235. The standard InChI is InChI=1S/C17H17FN2O3/c1-22-8-7-20-15-5-3-11(9-14(15)19-17(20)21)13-10-12(18)4-6-16(13)23-2/h3-6,9-10H,7-8H2,1-2H3,(H,19,21). The van der Waals surface area contributed by atoms with Gasteiger partial charge in [0.05, 0.1) is 31.3 Å². The molecule has 1 aromatic heterocycles. The molecule has 0 spiro atoms. The van der Waals surface area contributed by atoms with Crippen LogP contribution in [0.5, 0.6) is 5.75 Å². The Bertz CT molecular complexity index is 898. The van der Waals surface area contributed by atoms with Gasteiger partial charge in [0.1, 0.15) is 11.6 Å². The monoisotopic (exact) mass is 316 g/mol. The number of benzene rings is 2. The molecule has 3 aromatic rings. The van der Waals surface area contributed by atoms with Gasteiger partial charge >= 0.3 is 5.69 Å². The summed E-state index contributed by atoms with van der Waals surface area (Å²) in [6.45, 7) is 0.921. The fourth-order valence-corrected chi connectivity index (χ4v) is 2.64. The van der Waals surface area contributed by atoms with Gasteiger partial charge in [0.25, 0.3) is 0 Å². The van der Waals surface area contributed by atoms with Crippen molar-refractivity contribution >= 4 is 11.0 Å². The minimum absolute atomic E-state index is 0.194. The maximum Gasteiger partial charge on any atom is 0.326 e. The van der Waals surface area contributed by atoms with Gasteiger partial charge in [-0.1, -0.05) is 6.07 Å². The third-order valence-corrected chi connectivity index (χ3v) is 3.77. The van der Waals surface area contributed by atoms with E-state index in [0.29, 0.717) is 30.0 Å². The Labute approximate surface area is 132 Å². The van der Waals surface area contributed by atoms with Crippen LogP contribution in [0.3, 0.4) is 0 Å². The van der Waals surface area contributed by atoms with Crippen molar-refractivity contribution in [3.8, 4) is 16.9 Å². The second-order valence-electron chi connectivity index (χ2n) is 5.15. The number of halogens is 1. The van der Waals surface area contributed by atoms with Gasteiger partial charge in [0.15, 0.2) is 0 Å². The van der Waals surface area contributed by atoms with Crippen molar-refractivity contribution < 1.29 is 13.9 Å². The second-order valence-corrected chi connectivity index (χ2v) is 5.15. The van der Waals surface area contributed by atoms with Gasteiger partial charge < -0.3 is 14.5 Å². The summed E-state index contributed by atoms with van der Waals surface area (Å²) >= 11 is 0. The van der Waals surface area contributed by atoms with Gasteiger partial charge in [0, 0.05) is 12.7 Å². The Morgan fingerprint density at radius 1 is 1.17 bits per heavy atom. The fourth-order valence-electron chi connectivity index (χ4n) is 2.64. The maximum atomic E-state index is 13.6. The number of nitrogens with zero attached hydrogens (tertiary/aromatic N) is 1. The summed E-state index contributed by atoms with van der Waals surface area (Å²) in [5, 5.41) is 0. The molecule has 0 unspecified atom stereocenters. The minimum Gasteiger partial charge on any atom is -0.496 e. The minimum atomic E-state index is -0.341. The van der Waals surface area contributed by atoms with Crippen molar-refractivity contribution in [3.63, 3.8) is 0 Å². The van der Waals surface area contributed by atoms with E-state index in [1.54, 1.807) is 24.9 Å². The van der Waals surface area contributed by atoms with Crippen molar-refractivity contribution in [1.82, 2.24) is 9.55 Å². The highest BCUT2D eigenvalue weighted by molar-refractivity contribution is 5.83. The van der Waals surface area contributed by atoms with Crippen LogP contribution in [0.2, 0.25) is 0 Å². The van der Waals surface area contributed by atoms with Crippen LogP contribution >= 0.6 is 0 Å². The first-order valence-electron chi connectivity index (χ1n) is 7.19. The normalized spacial score (nSPS) is 11.1. The van der Waals surface area contributed by atoms with Gasteiger partial charge in [-0.2, -0.15) is 0 Å². The quantitative estimate of drug-likeness (QED) is 0.787. The lowest BCUT2D eigenvalue weighted by Gasteiger charge is -2.09. The van der Waals surface area contributed by atoms with Crippen LogP contribution in [0, 0.1) is 5.82 Å². The second kappa shape index (κ2) is 6.26. The molecule has 0 fully saturated rings. The molecule has 120 valence electrons. The van der Waals surface area contributed by atoms with Crippen LogP contribution < -0.4 is 10.4 Å². The molecule has 0 aliphatic rings. The number of hydrogen-bond donors (Lipinski definition) is 1. The fraction of sp³-hybridized carbons (Fsp3) is 0.235. The first-order valence-corrected chi connectivity index (χ1v) is 7.19. The van der Waals surface area contributed by atoms with Crippen LogP contribution in [0.15, 0.2) is 41.2 Å². The molecule has 0 saturated carbocycles. The van der Waals surface area contributed by atoms with E-state index in [0.717, 1.165) is 11.1 Å². The molecule has 0 aliphatic heterocycles. The summed E-state index contributed by atoms with van der Waals surface area (Å²) in [7, 11) is 3.13. The number of H-pyrrole nitrogens is 1. The summed E-state index contributed by atoms with van der Waals surface area (Å²) in [4.78, 5) is 14.9. The molecule has 0 radical (unpaired) electrons. The van der Waals surface area contributed by atoms with Crippen molar-refractivity contribution in [2.45, 2.75) is 6.54 Å². The Morgan fingerprint density at radius 2 is 2.00 bits per heavy atom. The molecular formula is C17H17FN2O3. The van der Waals surface area contributed by atoms with E-state index in [1.165, 1.54) is 12.1 Å². The number of aromatic amines is 1. The third-order valence-electron chi connectivity index (χ3n) is 3.77. The number of methoxy groups -OCH3 is 2. The van der Waals surface area contributed by atoms with E-state index >= 15 is 0 Å². The number of hydrogen-bond acceptors (Lipinski definition) is 3. The zero-order chi connectivity index (χ0) is 16.4. The highest BCUT2D eigenvalue weighted by Crippen LogP contribution is 2.32. The van der Waals surface area contributed by atoms with Crippen LogP contribution in [0.1, 0.15) is 0 Å². The smallest absolute Gasteiger partial charge is 0.326 e. The van der Waals surface area contributed by atoms with Gasteiger partial charge in [-0.25, -0.2) is 9.18 Å². The molecule has 0 amide bonds. The number of ether oxygens (including phenoxy) is 2. The zero-order valence-electron chi connectivity index (χ0n) is 12.9. The zero-order valence-corrected chi connectivity index (χ0v) is 12.9. The Morgan fingerprint density at radius 3 is 2.74 bits per heavy atom. The van der Waals surface area contributed by atoms with Crippen LogP contribution in [-0.2, 0) is 11.3 Å². The van der Waals surface area contributed by atoms with E-state index in [2.05, 4.69) is 4.98 Å². The molecule has 0 atom stereocenters. The number of fused-ring (bicyclic) bond motifs is 1. The summed E-state index contributed by atoms with van der Waals surface area (Å²) in [6, 6.07) is 9.85. The highest BCUT2D eigenvalue weighted by atomic mass is 19.1. The molecule has 1 N–H and O–H groups in total. The van der Waals surface area contributed by atoms with Crippen LogP contribution in [-0.4, -0.2) is 30.4 Å². The number of imidazole rings is 1. The predicted molar refractivity (Wildman–Crippen MR) is 86.4 cm³/mol. The molecule has 0 aliphatic carbocycles. The molecule has 0 bridgehead atoms. The SMILES string of the molecule is COCCn1c(=O)[nH]c2cc(-c3cc(F)ccc3OC)ccc21. The number of rotatable bonds is 5. The molecule has 2 aromatic carbocycles. The average Bonchev–Trinajstić information content (AvgIpc) is 2.87. The summed E-state index contributed by atoms with van der Waals surface area (Å²) < 4.78 is 25.5. The highest BCUT2D eigenvalue weighted by Gasteiger charge is 2.11. The number of aromatic nitrogens is 2. The van der Waals surface area contributed by atoms with Crippen molar-refractivity contribution in [2.75, 3.05) is 20.8 Å². The molecule has 1 heterocycles.